The predicted octanol–water partition coefficient (Wildman–Crippen LogP) is 4.23. The van der Waals surface area contributed by atoms with Gasteiger partial charge in [-0.25, -0.2) is 4.39 Å². The minimum Gasteiger partial charge on any atom is -0.351 e. The van der Waals surface area contributed by atoms with E-state index < -0.39 is 0 Å². The van der Waals surface area contributed by atoms with E-state index in [1.54, 1.807) is 18.2 Å². The van der Waals surface area contributed by atoms with Crippen molar-refractivity contribution in [1.82, 2.24) is 10.3 Å². The summed E-state index contributed by atoms with van der Waals surface area (Å²) < 4.78 is 13.7. The number of H-pyrrole nitrogens is 1. The van der Waals surface area contributed by atoms with Crippen molar-refractivity contribution in [3.8, 4) is 0 Å². The molecule has 1 atom stereocenters. The number of amides is 1. The topological polar surface area (TPSA) is 44.9 Å². The molecule has 0 aliphatic carbocycles. The number of aromatic nitrogens is 1. The molecule has 0 aliphatic heterocycles. The minimum absolute atomic E-state index is 0.208. The molecule has 1 amide bonds. The smallest absolute Gasteiger partial charge is 0.267 e. The Morgan fingerprint density at radius 1 is 1.17 bits per heavy atom. The summed E-state index contributed by atoms with van der Waals surface area (Å²) in [5, 5.41) is 3.33. The van der Waals surface area contributed by atoms with E-state index in [0.29, 0.717) is 29.1 Å². The first-order chi connectivity index (χ1) is 11.1. The Morgan fingerprint density at radius 3 is 2.70 bits per heavy atom. The lowest BCUT2D eigenvalue weighted by Gasteiger charge is -2.12. The molecular formula is C19H19FN2O. The fraction of sp³-hybridized carbons (Fsp3) is 0.211. The number of fused-ring (bicyclic) bond motifs is 1. The number of hydrogen-bond donors (Lipinski definition) is 2. The van der Waals surface area contributed by atoms with Gasteiger partial charge in [0.2, 0.25) is 0 Å². The molecule has 4 heteroatoms. The van der Waals surface area contributed by atoms with E-state index in [9.17, 15) is 9.18 Å². The maximum atomic E-state index is 13.7. The largest absolute Gasteiger partial charge is 0.351 e. The van der Waals surface area contributed by atoms with Gasteiger partial charge in [0.25, 0.3) is 5.91 Å². The van der Waals surface area contributed by atoms with Crippen LogP contribution in [0.1, 0.15) is 35.3 Å². The van der Waals surface area contributed by atoms with Gasteiger partial charge in [-0.2, -0.15) is 0 Å². The van der Waals surface area contributed by atoms with Gasteiger partial charge in [-0.3, -0.25) is 4.79 Å². The minimum atomic E-state index is -0.324. The lowest BCUT2D eigenvalue weighted by atomic mass is 9.98. The highest BCUT2D eigenvalue weighted by Crippen LogP contribution is 2.19. The van der Waals surface area contributed by atoms with Crippen molar-refractivity contribution >= 4 is 16.8 Å². The van der Waals surface area contributed by atoms with Crippen LogP contribution in [-0.2, 0) is 0 Å². The van der Waals surface area contributed by atoms with Crippen LogP contribution in [0.4, 0.5) is 4.39 Å². The normalized spacial score (nSPS) is 12.3. The lowest BCUT2D eigenvalue weighted by molar-refractivity contribution is 0.0948. The van der Waals surface area contributed by atoms with E-state index in [1.807, 2.05) is 18.2 Å². The van der Waals surface area contributed by atoms with Crippen molar-refractivity contribution in [2.75, 3.05) is 6.54 Å². The van der Waals surface area contributed by atoms with Gasteiger partial charge in [-0.1, -0.05) is 43.3 Å². The first-order valence-electron chi connectivity index (χ1n) is 7.75. The number of benzene rings is 2. The summed E-state index contributed by atoms with van der Waals surface area (Å²) in [6.45, 7) is 2.71. The van der Waals surface area contributed by atoms with Crippen LogP contribution in [0.3, 0.4) is 0 Å². The number of hydrogen-bond acceptors (Lipinski definition) is 1. The third-order valence-corrected chi connectivity index (χ3v) is 4.09. The van der Waals surface area contributed by atoms with Crippen LogP contribution in [0.15, 0.2) is 54.6 Å². The molecule has 1 unspecified atom stereocenters. The van der Waals surface area contributed by atoms with E-state index >= 15 is 0 Å². The molecule has 0 saturated heterocycles. The quantitative estimate of drug-likeness (QED) is 0.728. The number of nitrogens with one attached hydrogen (secondary N) is 2. The van der Waals surface area contributed by atoms with Crippen LogP contribution in [0, 0.1) is 5.82 Å². The van der Waals surface area contributed by atoms with Crippen LogP contribution >= 0.6 is 0 Å². The molecule has 118 valence electrons. The second-order valence-electron chi connectivity index (χ2n) is 5.74. The third kappa shape index (κ3) is 3.42. The number of aromatic amines is 1. The van der Waals surface area contributed by atoms with Crippen LogP contribution in [0.25, 0.3) is 10.9 Å². The molecule has 0 radical (unpaired) electrons. The van der Waals surface area contributed by atoms with E-state index in [0.717, 1.165) is 6.42 Å². The Balaban J connectivity index is 1.59. The zero-order valence-electron chi connectivity index (χ0n) is 13.0. The summed E-state index contributed by atoms with van der Waals surface area (Å²) in [6.07, 6.45) is 0.852. The van der Waals surface area contributed by atoms with Gasteiger partial charge in [-0.15, -0.1) is 0 Å². The van der Waals surface area contributed by atoms with Gasteiger partial charge in [0.15, 0.2) is 0 Å². The average molecular weight is 310 g/mol. The molecule has 3 rings (SSSR count). The molecule has 0 spiro atoms. The van der Waals surface area contributed by atoms with Crippen LogP contribution in [0.2, 0.25) is 0 Å². The number of rotatable bonds is 5. The molecular weight excluding hydrogens is 291 g/mol. The Hall–Kier alpha value is -2.62. The Morgan fingerprint density at radius 2 is 1.96 bits per heavy atom. The van der Waals surface area contributed by atoms with Gasteiger partial charge < -0.3 is 10.3 Å². The first kappa shape index (κ1) is 15.3. The van der Waals surface area contributed by atoms with Gasteiger partial charge in [0.05, 0.1) is 0 Å². The SMILES string of the molecule is CC(CCNC(=O)c1cc2c(F)cccc2[nH]1)c1ccccc1. The Kier molecular flexibility index (Phi) is 4.42. The average Bonchev–Trinajstić information content (AvgIpc) is 3.01. The van der Waals surface area contributed by atoms with Crippen molar-refractivity contribution in [2.24, 2.45) is 0 Å². The number of carbonyl (C=O) groups excluding carboxylic acids is 1. The third-order valence-electron chi connectivity index (χ3n) is 4.09. The fourth-order valence-electron chi connectivity index (χ4n) is 2.69. The zero-order valence-corrected chi connectivity index (χ0v) is 13.0. The van der Waals surface area contributed by atoms with Gasteiger partial charge in [0.1, 0.15) is 11.5 Å². The molecule has 0 saturated carbocycles. The molecule has 1 heterocycles. The lowest BCUT2D eigenvalue weighted by Crippen LogP contribution is -2.25. The summed E-state index contributed by atoms with van der Waals surface area (Å²) in [5.74, 6) is -0.159. The molecule has 3 nitrogen and oxygen atoms in total. The molecule has 0 bridgehead atoms. The highest BCUT2D eigenvalue weighted by molar-refractivity contribution is 5.98. The van der Waals surface area contributed by atoms with Crippen molar-refractivity contribution in [3.05, 3.63) is 71.7 Å². The highest BCUT2D eigenvalue weighted by Gasteiger charge is 2.12. The summed E-state index contributed by atoms with van der Waals surface area (Å²) >= 11 is 0. The Bertz CT molecular complexity index is 811. The monoisotopic (exact) mass is 310 g/mol. The number of halogens is 1. The van der Waals surface area contributed by atoms with Gasteiger partial charge >= 0.3 is 0 Å². The molecule has 23 heavy (non-hydrogen) atoms. The van der Waals surface area contributed by atoms with Crippen molar-refractivity contribution in [2.45, 2.75) is 19.3 Å². The summed E-state index contributed by atoms with van der Waals surface area (Å²) in [5.41, 5.74) is 2.28. The van der Waals surface area contributed by atoms with Crippen LogP contribution < -0.4 is 5.32 Å². The van der Waals surface area contributed by atoms with E-state index in [1.165, 1.54) is 11.6 Å². The Labute approximate surface area is 134 Å². The maximum Gasteiger partial charge on any atom is 0.267 e. The molecule has 2 N–H and O–H groups in total. The van der Waals surface area contributed by atoms with Crippen molar-refractivity contribution in [1.29, 1.82) is 0 Å². The van der Waals surface area contributed by atoms with E-state index in [4.69, 9.17) is 0 Å². The molecule has 0 aliphatic rings. The van der Waals surface area contributed by atoms with E-state index in [2.05, 4.69) is 29.4 Å². The van der Waals surface area contributed by atoms with Crippen molar-refractivity contribution < 1.29 is 9.18 Å². The van der Waals surface area contributed by atoms with Gasteiger partial charge in [0, 0.05) is 17.4 Å². The summed E-state index contributed by atoms with van der Waals surface area (Å²) in [7, 11) is 0. The zero-order chi connectivity index (χ0) is 16.2. The fourth-order valence-corrected chi connectivity index (χ4v) is 2.69. The summed E-state index contributed by atoms with van der Waals surface area (Å²) in [6, 6.07) is 16.5. The van der Waals surface area contributed by atoms with Gasteiger partial charge in [-0.05, 0) is 36.1 Å². The second-order valence-corrected chi connectivity index (χ2v) is 5.74. The van der Waals surface area contributed by atoms with E-state index in [-0.39, 0.29) is 11.7 Å². The standard InChI is InChI=1S/C19H19FN2O/c1-13(14-6-3-2-4-7-14)10-11-21-19(23)18-12-15-16(20)8-5-9-17(15)22-18/h2-9,12-13,22H,10-11H2,1H3,(H,21,23). The highest BCUT2D eigenvalue weighted by atomic mass is 19.1. The predicted molar refractivity (Wildman–Crippen MR) is 90.1 cm³/mol. The molecule has 1 aromatic heterocycles. The summed E-state index contributed by atoms with van der Waals surface area (Å²) in [4.78, 5) is 15.1. The van der Waals surface area contributed by atoms with Crippen molar-refractivity contribution in [3.63, 3.8) is 0 Å². The number of carbonyl (C=O) groups is 1. The molecule has 2 aromatic carbocycles. The first-order valence-corrected chi connectivity index (χ1v) is 7.75. The molecule has 0 fully saturated rings. The maximum absolute atomic E-state index is 13.7. The van der Waals surface area contributed by atoms with Crippen LogP contribution in [-0.4, -0.2) is 17.4 Å². The second kappa shape index (κ2) is 6.65. The van der Waals surface area contributed by atoms with Crippen LogP contribution in [0.5, 0.6) is 0 Å². The molecule has 3 aromatic rings.